The molecule has 0 bridgehead atoms. The first-order valence-electron chi connectivity index (χ1n) is 22.1. The monoisotopic (exact) mass is 844 g/mol. The third-order valence-corrected chi connectivity index (χ3v) is 12.7. The Hall–Kier alpha value is -3.63. The molecule has 60 heavy (non-hydrogen) atoms. The number of ether oxygens (including phenoxy) is 2. The maximum Gasteiger partial charge on any atom is 0.326 e. The summed E-state index contributed by atoms with van der Waals surface area (Å²) in [6, 6.07) is 5.86. The van der Waals surface area contributed by atoms with Gasteiger partial charge in [0, 0.05) is 73.5 Å². The minimum atomic E-state index is -1.14. The first-order valence-corrected chi connectivity index (χ1v) is 22.1. The van der Waals surface area contributed by atoms with E-state index in [0.717, 1.165) is 44.8 Å². The number of carboxylic acids is 1. The summed E-state index contributed by atoms with van der Waals surface area (Å²) >= 11 is 0. The normalized spacial score (nSPS) is 20.2. The highest BCUT2D eigenvalue weighted by Crippen LogP contribution is 2.30. The van der Waals surface area contributed by atoms with E-state index in [0.29, 0.717) is 25.8 Å². The van der Waals surface area contributed by atoms with E-state index in [2.05, 4.69) is 25.8 Å². The van der Waals surface area contributed by atoms with Gasteiger partial charge in [0.05, 0.1) is 42.7 Å². The second kappa shape index (κ2) is 24.7. The molecule has 0 saturated carbocycles. The Bertz CT molecular complexity index is 1510. The summed E-state index contributed by atoms with van der Waals surface area (Å²) in [5.74, 6) is -3.21. The average molecular weight is 844 g/mol. The van der Waals surface area contributed by atoms with Gasteiger partial charge in [-0.1, -0.05) is 85.2 Å². The Balaban J connectivity index is 1.75. The molecule has 0 aromatic heterocycles. The second-order valence-electron chi connectivity index (χ2n) is 17.7. The van der Waals surface area contributed by atoms with E-state index in [1.165, 1.54) is 7.11 Å². The Kier molecular flexibility index (Phi) is 20.9. The van der Waals surface area contributed by atoms with Gasteiger partial charge in [-0.2, -0.15) is 0 Å². The van der Waals surface area contributed by atoms with Gasteiger partial charge in [0.25, 0.3) is 0 Å². The number of hydrogen-bond donors (Lipinski definition) is 4. The molecule has 1 aromatic carbocycles. The first-order chi connectivity index (χ1) is 28.5. The molecule has 0 radical (unpaired) electrons. The fourth-order valence-corrected chi connectivity index (χ4v) is 9.02. The smallest absolute Gasteiger partial charge is 0.326 e. The molecule has 2 aliphatic heterocycles. The molecule has 1 aromatic rings. The summed E-state index contributed by atoms with van der Waals surface area (Å²) in [5.41, 5.74) is 0.786. The number of carbonyl (C=O) groups excluding carboxylic acids is 4. The highest BCUT2D eigenvalue weighted by molar-refractivity contribution is 5.90. The van der Waals surface area contributed by atoms with Crippen molar-refractivity contribution >= 4 is 29.6 Å². The maximum atomic E-state index is 14.5. The largest absolute Gasteiger partial charge is 0.480 e. The number of rotatable bonds is 24. The van der Waals surface area contributed by atoms with Crippen LogP contribution in [0.2, 0.25) is 0 Å². The summed E-state index contributed by atoms with van der Waals surface area (Å²) in [7, 11) is 6.77. The maximum absolute atomic E-state index is 14.5. The third-order valence-electron chi connectivity index (χ3n) is 12.7. The zero-order chi connectivity index (χ0) is 44.7. The number of likely N-dealkylation sites (N-methyl/N-ethyl adjacent to an activating group) is 2. The number of carboxylic acid groups (broad SMARTS) is 1. The lowest BCUT2D eigenvalue weighted by atomic mass is 9.89. The van der Waals surface area contributed by atoms with Crippen molar-refractivity contribution in [3.8, 4) is 0 Å². The van der Waals surface area contributed by atoms with E-state index in [1.54, 1.807) is 30.9 Å². The molecule has 4 amide bonds. The minimum absolute atomic E-state index is 0.0131. The van der Waals surface area contributed by atoms with Gasteiger partial charge in [-0.25, -0.2) is 4.79 Å². The van der Waals surface area contributed by atoms with Crippen LogP contribution in [-0.2, 0) is 39.9 Å². The number of methoxy groups -OCH3 is 2. The van der Waals surface area contributed by atoms with Crippen LogP contribution in [0.15, 0.2) is 30.3 Å². The van der Waals surface area contributed by atoms with Crippen LogP contribution in [0.25, 0.3) is 0 Å². The lowest BCUT2D eigenvalue weighted by molar-refractivity contribution is -0.148. The molecule has 9 unspecified atom stereocenters. The molecule has 0 aliphatic carbocycles. The number of nitrogens with one attached hydrogen (secondary N) is 3. The van der Waals surface area contributed by atoms with Crippen LogP contribution in [-0.4, -0.2) is 171 Å². The Morgan fingerprint density at radius 1 is 0.900 bits per heavy atom. The summed E-state index contributed by atoms with van der Waals surface area (Å²) < 4.78 is 12.0. The molecule has 2 aliphatic rings. The SMILES string of the molecule is CCC(C)C(C(CC(=O)N1CCCC1C(OC)C(C)C(=O)NC(Cc1ccccc1)C(=O)O)OC)N(C)C(=O)C(NC(=O)C(C(C)C)N(C)CCN1CCNCC1)C(C)C. The standard InChI is InChI=1S/C45H77N7O8/c1-12-31(6)40(50(9)44(56)38(29(2)3)48-43(55)39(30(4)5)49(8)25-26-51-23-20-46-21-24-51)36(59-10)28-37(53)52-22-16-19-35(52)41(60-11)32(7)42(54)47-34(45(57)58)27-33-17-14-13-15-18-33/h13-15,17-18,29-32,34-36,38-41,46H,12,16,19-28H2,1-11H3,(H,47,54)(H,48,55)(H,57,58). The molecule has 0 spiro atoms. The van der Waals surface area contributed by atoms with Crippen LogP contribution < -0.4 is 16.0 Å². The Morgan fingerprint density at radius 2 is 1.55 bits per heavy atom. The number of aliphatic carboxylic acids is 1. The predicted molar refractivity (Wildman–Crippen MR) is 233 cm³/mol. The van der Waals surface area contributed by atoms with Crippen molar-refractivity contribution in [2.75, 3.05) is 74.1 Å². The van der Waals surface area contributed by atoms with E-state index in [4.69, 9.17) is 9.47 Å². The van der Waals surface area contributed by atoms with Crippen LogP contribution in [0.3, 0.4) is 0 Å². The number of carbonyl (C=O) groups is 5. The summed E-state index contributed by atoms with van der Waals surface area (Å²) in [4.78, 5) is 76.5. The molecule has 15 nitrogen and oxygen atoms in total. The summed E-state index contributed by atoms with van der Waals surface area (Å²) in [6.45, 7) is 19.6. The van der Waals surface area contributed by atoms with Crippen LogP contribution in [0.4, 0.5) is 0 Å². The van der Waals surface area contributed by atoms with Gasteiger partial charge in [0.2, 0.25) is 23.6 Å². The molecule has 4 N–H and O–H groups in total. The number of benzene rings is 1. The summed E-state index contributed by atoms with van der Waals surface area (Å²) in [5, 5.41) is 19.1. The lowest BCUT2D eigenvalue weighted by Gasteiger charge is -2.41. The van der Waals surface area contributed by atoms with E-state index in [9.17, 15) is 29.1 Å². The zero-order valence-electron chi connectivity index (χ0n) is 38.3. The Labute approximate surface area is 359 Å². The number of nitrogens with zero attached hydrogens (tertiary/aromatic N) is 4. The highest BCUT2D eigenvalue weighted by Gasteiger charge is 2.43. The van der Waals surface area contributed by atoms with Crippen molar-refractivity contribution < 1.29 is 38.6 Å². The van der Waals surface area contributed by atoms with Crippen LogP contribution in [0.1, 0.15) is 79.7 Å². The molecule has 2 heterocycles. The fourth-order valence-electron chi connectivity index (χ4n) is 9.02. The number of piperazine rings is 1. The predicted octanol–water partition coefficient (Wildman–Crippen LogP) is 2.72. The van der Waals surface area contributed by atoms with Crippen molar-refractivity contribution in [2.24, 2.45) is 23.7 Å². The number of amides is 4. The van der Waals surface area contributed by atoms with Crippen molar-refractivity contribution in [3.63, 3.8) is 0 Å². The quantitative estimate of drug-likeness (QED) is 0.121. The molecule has 340 valence electrons. The van der Waals surface area contributed by atoms with Crippen LogP contribution >= 0.6 is 0 Å². The van der Waals surface area contributed by atoms with Gasteiger partial charge in [0.15, 0.2) is 0 Å². The molecule has 2 saturated heterocycles. The third kappa shape index (κ3) is 13.9. The van der Waals surface area contributed by atoms with Gasteiger partial charge < -0.3 is 40.3 Å². The molecule has 9 atom stereocenters. The van der Waals surface area contributed by atoms with Crippen molar-refractivity contribution in [1.29, 1.82) is 0 Å². The molecular weight excluding hydrogens is 767 g/mol. The van der Waals surface area contributed by atoms with E-state index >= 15 is 0 Å². The molecule has 3 rings (SSSR count). The van der Waals surface area contributed by atoms with E-state index < -0.39 is 60.2 Å². The van der Waals surface area contributed by atoms with Gasteiger partial charge in [-0.15, -0.1) is 0 Å². The first kappa shape index (κ1) is 50.7. The lowest BCUT2D eigenvalue weighted by Crippen LogP contribution is -2.60. The number of hydrogen-bond acceptors (Lipinski definition) is 10. The van der Waals surface area contributed by atoms with Crippen molar-refractivity contribution in [2.45, 2.75) is 123 Å². The van der Waals surface area contributed by atoms with E-state index in [-0.39, 0.29) is 48.3 Å². The van der Waals surface area contributed by atoms with E-state index in [1.807, 2.05) is 78.9 Å². The average Bonchev–Trinajstić information content (AvgIpc) is 3.71. The van der Waals surface area contributed by atoms with Crippen molar-refractivity contribution in [3.05, 3.63) is 35.9 Å². The fraction of sp³-hybridized carbons (Fsp3) is 0.756. The zero-order valence-corrected chi connectivity index (χ0v) is 38.3. The summed E-state index contributed by atoms with van der Waals surface area (Å²) in [6.07, 6.45) is 0.794. The Morgan fingerprint density at radius 3 is 2.10 bits per heavy atom. The minimum Gasteiger partial charge on any atom is -0.480 e. The molecule has 15 heteroatoms. The molecular formula is C45H77N7O8. The topological polar surface area (TPSA) is 173 Å². The van der Waals surface area contributed by atoms with Gasteiger partial charge in [-0.3, -0.25) is 29.0 Å². The second-order valence-corrected chi connectivity index (χ2v) is 17.7. The number of likely N-dealkylation sites (tertiary alicyclic amines) is 1. The van der Waals surface area contributed by atoms with Gasteiger partial charge >= 0.3 is 5.97 Å². The molecule has 2 fully saturated rings. The highest BCUT2D eigenvalue weighted by atomic mass is 16.5. The van der Waals surface area contributed by atoms with Crippen LogP contribution in [0.5, 0.6) is 0 Å². The van der Waals surface area contributed by atoms with Gasteiger partial charge in [0.1, 0.15) is 12.1 Å². The van der Waals surface area contributed by atoms with Crippen LogP contribution in [0, 0.1) is 23.7 Å². The van der Waals surface area contributed by atoms with Crippen molar-refractivity contribution in [1.82, 2.24) is 35.6 Å². The van der Waals surface area contributed by atoms with Gasteiger partial charge in [-0.05, 0) is 43.2 Å².